The number of rotatable bonds is 2. The van der Waals surface area contributed by atoms with Crippen molar-refractivity contribution in [1.82, 2.24) is 4.98 Å². The summed E-state index contributed by atoms with van der Waals surface area (Å²) in [5.74, 6) is 0.569. The molecule has 1 aliphatic heterocycles. The van der Waals surface area contributed by atoms with Crippen molar-refractivity contribution in [2.45, 2.75) is 26.7 Å². The molecule has 1 aromatic rings. The molecule has 1 aliphatic rings. The van der Waals surface area contributed by atoms with Crippen LogP contribution in [0, 0.1) is 31.1 Å². The third-order valence-corrected chi connectivity index (χ3v) is 3.77. The van der Waals surface area contributed by atoms with E-state index >= 15 is 0 Å². The molecule has 0 N–H and O–H groups in total. The molecule has 0 unspecified atom stereocenters. The number of aromatic nitrogens is 1. The van der Waals surface area contributed by atoms with Gasteiger partial charge in [-0.1, -0.05) is 0 Å². The minimum atomic E-state index is -0.140. The van der Waals surface area contributed by atoms with Crippen molar-refractivity contribution in [2.24, 2.45) is 5.92 Å². The van der Waals surface area contributed by atoms with Gasteiger partial charge < -0.3 is 9.64 Å². The van der Waals surface area contributed by atoms with Gasteiger partial charge in [-0.3, -0.25) is 4.79 Å². The minimum Gasteiger partial charge on any atom is -0.469 e. The van der Waals surface area contributed by atoms with E-state index in [0.717, 1.165) is 43.0 Å². The minimum absolute atomic E-state index is 0.0345. The van der Waals surface area contributed by atoms with Crippen LogP contribution < -0.4 is 4.90 Å². The van der Waals surface area contributed by atoms with Crippen molar-refractivity contribution < 1.29 is 9.53 Å². The van der Waals surface area contributed by atoms with Crippen molar-refractivity contribution in [3.05, 3.63) is 22.9 Å². The number of carbonyl (C=O) groups is 1. The van der Waals surface area contributed by atoms with E-state index in [1.807, 2.05) is 19.9 Å². The first-order valence-corrected chi connectivity index (χ1v) is 6.78. The summed E-state index contributed by atoms with van der Waals surface area (Å²) in [6, 6.07) is 4.16. The molecule has 0 radical (unpaired) electrons. The Labute approximate surface area is 119 Å². The summed E-state index contributed by atoms with van der Waals surface area (Å²) < 4.78 is 4.79. The molecular formula is C15H19N3O2. The van der Waals surface area contributed by atoms with Crippen LogP contribution in [0.15, 0.2) is 6.07 Å². The molecule has 1 saturated heterocycles. The average molecular weight is 273 g/mol. The quantitative estimate of drug-likeness (QED) is 0.771. The normalized spacial score (nSPS) is 15.8. The maximum atomic E-state index is 11.5. The summed E-state index contributed by atoms with van der Waals surface area (Å²) in [6.07, 6.45) is 1.48. The van der Waals surface area contributed by atoms with Gasteiger partial charge in [-0.2, -0.15) is 5.26 Å². The maximum Gasteiger partial charge on any atom is 0.308 e. The zero-order chi connectivity index (χ0) is 14.7. The highest BCUT2D eigenvalue weighted by Crippen LogP contribution is 2.27. The molecule has 20 heavy (non-hydrogen) atoms. The number of hydrogen-bond acceptors (Lipinski definition) is 5. The molecule has 1 fully saturated rings. The third kappa shape index (κ3) is 2.74. The van der Waals surface area contributed by atoms with Gasteiger partial charge in [-0.25, -0.2) is 4.98 Å². The van der Waals surface area contributed by atoms with E-state index in [2.05, 4.69) is 16.0 Å². The summed E-state index contributed by atoms with van der Waals surface area (Å²) in [5, 5.41) is 9.31. The van der Waals surface area contributed by atoms with Crippen molar-refractivity contribution in [3.63, 3.8) is 0 Å². The number of anilines is 1. The molecule has 5 heteroatoms. The first kappa shape index (κ1) is 14.3. The van der Waals surface area contributed by atoms with E-state index in [9.17, 15) is 10.1 Å². The van der Waals surface area contributed by atoms with Gasteiger partial charge >= 0.3 is 5.97 Å². The second-order valence-corrected chi connectivity index (χ2v) is 5.18. The fourth-order valence-corrected chi connectivity index (χ4v) is 2.68. The zero-order valence-electron chi connectivity index (χ0n) is 12.1. The van der Waals surface area contributed by atoms with E-state index in [1.54, 1.807) is 0 Å². The molecule has 2 rings (SSSR count). The predicted octanol–water partition coefficient (Wildman–Crippen LogP) is 1.96. The number of ether oxygens (including phenoxy) is 1. The summed E-state index contributed by atoms with van der Waals surface area (Å²) in [5.41, 5.74) is 2.49. The summed E-state index contributed by atoms with van der Waals surface area (Å²) >= 11 is 0. The van der Waals surface area contributed by atoms with Gasteiger partial charge in [0.2, 0.25) is 0 Å². The van der Waals surface area contributed by atoms with Crippen LogP contribution in [-0.2, 0) is 9.53 Å². The van der Waals surface area contributed by atoms with Gasteiger partial charge in [0.1, 0.15) is 11.9 Å². The van der Waals surface area contributed by atoms with Crippen LogP contribution in [0.5, 0.6) is 0 Å². The summed E-state index contributed by atoms with van der Waals surface area (Å²) in [7, 11) is 1.42. The van der Waals surface area contributed by atoms with Crippen LogP contribution in [0.25, 0.3) is 0 Å². The smallest absolute Gasteiger partial charge is 0.308 e. The fourth-order valence-electron chi connectivity index (χ4n) is 2.68. The number of piperidine rings is 1. The van der Waals surface area contributed by atoms with Crippen LogP contribution in [0.3, 0.4) is 0 Å². The highest BCUT2D eigenvalue weighted by atomic mass is 16.5. The van der Waals surface area contributed by atoms with Gasteiger partial charge in [0, 0.05) is 18.8 Å². The average Bonchev–Trinajstić information content (AvgIpc) is 2.46. The molecular weight excluding hydrogens is 254 g/mol. The van der Waals surface area contributed by atoms with Crippen LogP contribution in [0.2, 0.25) is 0 Å². The number of carbonyl (C=O) groups excluding carboxylic acids is 1. The van der Waals surface area contributed by atoms with Crippen molar-refractivity contribution in [3.8, 4) is 6.07 Å². The second-order valence-electron chi connectivity index (χ2n) is 5.18. The van der Waals surface area contributed by atoms with Crippen molar-refractivity contribution >= 4 is 11.8 Å². The number of aryl methyl sites for hydroxylation is 2. The molecule has 0 saturated carbocycles. The number of hydrogen-bond donors (Lipinski definition) is 0. The molecule has 0 spiro atoms. The lowest BCUT2D eigenvalue weighted by molar-refractivity contribution is -0.146. The Bertz CT molecular complexity index is 555. The lowest BCUT2D eigenvalue weighted by Gasteiger charge is -2.32. The number of nitriles is 1. The second kappa shape index (κ2) is 5.91. The lowest BCUT2D eigenvalue weighted by atomic mass is 9.96. The van der Waals surface area contributed by atoms with Gasteiger partial charge in [0.05, 0.1) is 18.6 Å². The van der Waals surface area contributed by atoms with Crippen LogP contribution >= 0.6 is 0 Å². The molecule has 106 valence electrons. The molecule has 0 bridgehead atoms. The van der Waals surface area contributed by atoms with Gasteiger partial charge in [-0.05, 0) is 38.3 Å². The molecule has 0 aliphatic carbocycles. The maximum absolute atomic E-state index is 11.5. The van der Waals surface area contributed by atoms with E-state index in [1.165, 1.54) is 7.11 Å². The predicted molar refractivity (Wildman–Crippen MR) is 75.4 cm³/mol. The molecule has 5 nitrogen and oxygen atoms in total. The Hall–Kier alpha value is -2.09. The Morgan fingerprint density at radius 3 is 2.65 bits per heavy atom. The van der Waals surface area contributed by atoms with Crippen molar-refractivity contribution in [2.75, 3.05) is 25.1 Å². The summed E-state index contributed by atoms with van der Waals surface area (Å²) in [6.45, 7) is 5.31. The monoisotopic (exact) mass is 273 g/mol. The molecule has 1 aromatic heterocycles. The first-order chi connectivity index (χ1) is 9.56. The van der Waals surface area contributed by atoms with Crippen LogP contribution in [-0.4, -0.2) is 31.2 Å². The Morgan fingerprint density at radius 1 is 1.45 bits per heavy atom. The molecule has 2 heterocycles. The van der Waals surface area contributed by atoms with Gasteiger partial charge in [0.15, 0.2) is 0 Å². The SMILES string of the molecule is COC(=O)C1CCN(c2nc(C)cc(C)c2C#N)CC1. The number of nitrogens with zero attached hydrogens (tertiary/aromatic N) is 3. The number of esters is 1. The largest absolute Gasteiger partial charge is 0.469 e. The Balaban J connectivity index is 2.19. The van der Waals surface area contributed by atoms with Crippen LogP contribution in [0.1, 0.15) is 29.7 Å². The zero-order valence-corrected chi connectivity index (χ0v) is 12.1. The lowest BCUT2D eigenvalue weighted by Crippen LogP contribution is -2.37. The third-order valence-electron chi connectivity index (χ3n) is 3.77. The summed E-state index contributed by atoms with van der Waals surface area (Å²) in [4.78, 5) is 18.1. The fraction of sp³-hybridized carbons (Fsp3) is 0.533. The molecule has 0 amide bonds. The van der Waals surface area contributed by atoms with E-state index in [0.29, 0.717) is 5.56 Å². The van der Waals surface area contributed by atoms with Gasteiger partial charge in [-0.15, -0.1) is 0 Å². The van der Waals surface area contributed by atoms with E-state index in [4.69, 9.17) is 4.74 Å². The van der Waals surface area contributed by atoms with E-state index < -0.39 is 0 Å². The number of methoxy groups -OCH3 is 1. The van der Waals surface area contributed by atoms with Crippen molar-refractivity contribution in [1.29, 1.82) is 5.26 Å². The highest BCUT2D eigenvalue weighted by molar-refractivity contribution is 5.72. The number of pyridine rings is 1. The van der Waals surface area contributed by atoms with Gasteiger partial charge in [0.25, 0.3) is 0 Å². The molecule has 0 aromatic carbocycles. The topological polar surface area (TPSA) is 66.2 Å². The Kier molecular flexibility index (Phi) is 4.23. The van der Waals surface area contributed by atoms with E-state index in [-0.39, 0.29) is 11.9 Å². The standard InChI is InChI=1S/C15H19N3O2/c1-10-8-11(2)17-14(13(10)9-16)18-6-4-12(5-7-18)15(19)20-3/h8,12H,4-7H2,1-3H3. The first-order valence-electron chi connectivity index (χ1n) is 6.78. The van der Waals surface area contributed by atoms with Crippen LogP contribution in [0.4, 0.5) is 5.82 Å². The molecule has 0 atom stereocenters. The Morgan fingerprint density at radius 2 is 2.10 bits per heavy atom. The highest BCUT2D eigenvalue weighted by Gasteiger charge is 2.27.